The largest absolute Gasteiger partial charge is 0.361 e. The summed E-state index contributed by atoms with van der Waals surface area (Å²) in [6.45, 7) is 0.890. The van der Waals surface area contributed by atoms with E-state index in [-0.39, 0.29) is 18.1 Å². The fourth-order valence-corrected chi connectivity index (χ4v) is 1.75. The molecule has 0 aliphatic heterocycles. The van der Waals surface area contributed by atoms with Crippen LogP contribution in [0.25, 0.3) is 10.9 Å². The molecule has 90 valence electrons. The molecule has 0 aliphatic rings. The van der Waals surface area contributed by atoms with Gasteiger partial charge in [0.1, 0.15) is 5.82 Å². The fourth-order valence-electron chi connectivity index (χ4n) is 1.75. The number of hydrogen-bond acceptors (Lipinski definition) is 2. The molecule has 2 aromatic rings. The van der Waals surface area contributed by atoms with Crippen LogP contribution in [0, 0.1) is 5.82 Å². The van der Waals surface area contributed by atoms with Crippen LogP contribution in [0.5, 0.6) is 0 Å². The molecule has 2 rings (SSSR count). The molecule has 1 amide bonds. The smallest absolute Gasteiger partial charge is 0.224 e. The number of aromatic nitrogens is 1. The van der Waals surface area contributed by atoms with Crippen LogP contribution in [0.4, 0.5) is 4.39 Å². The summed E-state index contributed by atoms with van der Waals surface area (Å²) >= 11 is 0. The summed E-state index contributed by atoms with van der Waals surface area (Å²) in [4.78, 5) is 14.5. The minimum absolute atomic E-state index is 0.0827. The van der Waals surface area contributed by atoms with E-state index in [9.17, 15) is 9.18 Å². The predicted octanol–water partition coefficient (Wildman–Crippen LogP) is 0.924. The molecule has 0 atom stereocenters. The maximum Gasteiger partial charge on any atom is 0.224 e. The van der Waals surface area contributed by atoms with Crippen LogP contribution in [-0.2, 0) is 11.2 Å². The Kier molecular flexibility index (Phi) is 3.39. The zero-order valence-corrected chi connectivity index (χ0v) is 9.29. The van der Waals surface area contributed by atoms with Gasteiger partial charge in [-0.1, -0.05) is 0 Å². The highest BCUT2D eigenvalue weighted by Crippen LogP contribution is 2.19. The van der Waals surface area contributed by atoms with Crippen molar-refractivity contribution in [2.45, 2.75) is 6.42 Å². The van der Waals surface area contributed by atoms with Gasteiger partial charge in [0.2, 0.25) is 5.91 Å². The monoisotopic (exact) mass is 235 g/mol. The van der Waals surface area contributed by atoms with Gasteiger partial charge in [-0.15, -0.1) is 0 Å². The Morgan fingerprint density at radius 3 is 3.06 bits per heavy atom. The molecule has 1 aromatic carbocycles. The first kappa shape index (κ1) is 11.6. The molecule has 4 nitrogen and oxygen atoms in total. The van der Waals surface area contributed by atoms with Gasteiger partial charge < -0.3 is 16.0 Å². The first-order valence-electron chi connectivity index (χ1n) is 5.43. The van der Waals surface area contributed by atoms with Gasteiger partial charge >= 0.3 is 0 Å². The Bertz CT molecular complexity index is 536. The number of carbonyl (C=O) groups is 1. The number of carbonyl (C=O) groups excluding carboxylic acids is 1. The quantitative estimate of drug-likeness (QED) is 0.737. The van der Waals surface area contributed by atoms with E-state index >= 15 is 0 Å². The van der Waals surface area contributed by atoms with E-state index in [1.165, 1.54) is 12.1 Å². The van der Waals surface area contributed by atoms with Gasteiger partial charge in [-0.25, -0.2) is 4.39 Å². The molecule has 0 aliphatic carbocycles. The normalized spacial score (nSPS) is 10.7. The van der Waals surface area contributed by atoms with Crippen molar-refractivity contribution in [3.05, 3.63) is 35.8 Å². The van der Waals surface area contributed by atoms with Gasteiger partial charge in [-0.05, 0) is 23.8 Å². The maximum atomic E-state index is 13.0. The van der Waals surface area contributed by atoms with E-state index in [1.54, 1.807) is 12.3 Å². The number of amides is 1. The number of H-pyrrole nitrogens is 1. The van der Waals surface area contributed by atoms with Crippen LogP contribution >= 0.6 is 0 Å². The molecule has 0 unspecified atom stereocenters. The van der Waals surface area contributed by atoms with Gasteiger partial charge in [0.25, 0.3) is 0 Å². The number of nitrogens with two attached hydrogens (primary N) is 1. The Morgan fingerprint density at radius 2 is 2.29 bits per heavy atom. The summed E-state index contributed by atoms with van der Waals surface area (Å²) in [5, 5.41) is 3.56. The van der Waals surface area contributed by atoms with E-state index in [4.69, 9.17) is 5.73 Å². The van der Waals surface area contributed by atoms with Gasteiger partial charge in [0, 0.05) is 30.2 Å². The highest BCUT2D eigenvalue weighted by molar-refractivity contribution is 5.88. The molecule has 17 heavy (non-hydrogen) atoms. The third-order valence-corrected chi connectivity index (χ3v) is 2.55. The average Bonchev–Trinajstić information content (AvgIpc) is 2.69. The SMILES string of the molecule is NCCNC(=O)Cc1c[nH]c2cc(F)ccc12. The number of nitrogens with one attached hydrogen (secondary N) is 2. The van der Waals surface area contributed by atoms with Crippen molar-refractivity contribution in [3.8, 4) is 0 Å². The molecule has 0 radical (unpaired) electrons. The molecule has 1 aromatic heterocycles. The number of rotatable bonds is 4. The van der Waals surface area contributed by atoms with E-state index in [1.807, 2.05) is 0 Å². The molecule has 0 fully saturated rings. The van der Waals surface area contributed by atoms with Crippen molar-refractivity contribution in [1.29, 1.82) is 0 Å². The number of hydrogen-bond donors (Lipinski definition) is 3. The van der Waals surface area contributed by atoms with Crippen molar-refractivity contribution in [2.75, 3.05) is 13.1 Å². The molecule has 5 heteroatoms. The topological polar surface area (TPSA) is 70.9 Å². The van der Waals surface area contributed by atoms with E-state index in [2.05, 4.69) is 10.3 Å². The summed E-state index contributed by atoms with van der Waals surface area (Å²) in [6.07, 6.45) is 2.00. The molecule has 0 spiro atoms. The third-order valence-electron chi connectivity index (χ3n) is 2.55. The zero-order valence-electron chi connectivity index (χ0n) is 9.29. The van der Waals surface area contributed by atoms with Crippen molar-refractivity contribution < 1.29 is 9.18 Å². The maximum absolute atomic E-state index is 13.0. The number of halogens is 1. The van der Waals surface area contributed by atoms with Gasteiger partial charge in [0.05, 0.1) is 6.42 Å². The number of benzene rings is 1. The van der Waals surface area contributed by atoms with Crippen LogP contribution in [0.15, 0.2) is 24.4 Å². The summed E-state index contributed by atoms with van der Waals surface area (Å²) in [7, 11) is 0. The van der Waals surface area contributed by atoms with E-state index in [0.29, 0.717) is 18.6 Å². The van der Waals surface area contributed by atoms with Crippen LogP contribution in [0.3, 0.4) is 0 Å². The lowest BCUT2D eigenvalue weighted by molar-refractivity contribution is -0.120. The van der Waals surface area contributed by atoms with Gasteiger partial charge in [0.15, 0.2) is 0 Å². The number of aromatic amines is 1. The molecule has 0 saturated heterocycles. The minimum Gasteiger partial charge on any atom is -0.361 e. The first-order valence-corrected chi connectivity index (χ1v) is 5.43. The lowest BCUT2D eigenvalue weighted by Crippen LogP contribution is -2.30. The lowest BCUT2D eigenvalue weighted by Gasteiger charge is -2.02. The van der Waals surface area contributed by atoms with Crippen LogP contribution in [0.1, 0.15) is 5.56 Å². The second-order valence-electron chi connectivity index (χ2n) is 3.82. The average molecular weight is 235 g/mol. The molecule has 4 N–H and O–H groups in total. The second kappa shape index (κ2) is 4.97. The van der Waals surface area contributed by atoms with Crippen molar-refractivity contribution in [2.24, 2.45) is 5.73 Å². The summed E-state index contributed by atoms with van der Waals surface area (Å²) in [5.41, 5.74) is 6.85. The third kappa shape index (κ3) is 2.62. The Morgan fingerprint density at radius 1 is 1.47 bits per heavy atom. The zero-order chi connectivity index (χ0) is 12.3. The molecular formula is C12H14FN3O. The second-order valence-corrected chi connectivity index (χ2v) is 3.82. The fraction of sp³-hybridized carbons (Fsp3) is 0.250. The van der Waals surface area contributed by atoms with E-state index in [0.717, 1.165) is 10.9 Å². The molecule has 0 bridgehead atoms. The highest BCUT2D eigenvalue weighted by Gasteiger charge is 2.08. The van der Waals surface area contributed by atoms with Crippen molar-refractivity contribution >= 4 is 16.8 Å². The van der Waals surface area contributed by atoms with Gasteiger partial charge in [-0.3, -0.25) is 4.79 Å². The Balaban J connectivity index is 2.16. The summed E-state index contributed by atoms with van der Waals surface area (Å²) in [6, 6.07) is 4.47. The predicted molar refractivity (Wildman–Crippen MR) is 64.0 cm³/mol. The molecular weight excluding hydrogens is 221 g/mol. The van der Waals surface area contributed by atoms with Crippen LogP contribution in [0.2, 0.25) is 0 Å². The minimum atomic E-state index is -0.293. The van der Waals surface area contributed by atoms with E-state index < -0.39 is 0 Å². The van der Waals surface area contributed by atoms with Crippen LogP contribution in [-0.4, -0.2) is 24.0 Å². The van der Waals surface area contributed by atoms with Crippen molar-refractivity contribution in [1.82, 2.24) is 10.3 Å². The summed E-state index contributed by atoms with van der Waals surface area (Å²) in [5.74, 6) is -0.376. The standard InChI is InChI=1S/C12H14FN3O/c13-9-1-2-10-8(7-16-11(10)6-9)5-12(17)15-4-3-14/h1-2,6-7,16H,3-5,14H2,(H,15,17). The molecule has 0 saturated carbocycles. The van der Waals surface area contributed by atoms with Gasteiger partial charge in [-0.2, -0.15) is 0 Å². The lowest BCUT2D eigenvalue weighted by atomic mass is 10.1. The van der Waals surface area contributed by atoms with Crippen molar-refractivity contribution in [3.63, 3.8) is 0 Å². The summed E-state index contributed by atoms with van der Waals surface area (Å²) < 4.78 is 13.0. The number of fused-ring (bicyclic) bond motifs is 1. The molecule has 1 heterocycles. The Hall–Kier alpha value is -1.88. The van der Waals surface area contributed by atoms with Crippen LogP contribution < -0.4 is 11.1 Å². The Labute approximate surface area is 98.0 Å². The highest BCUT2D eigenvalue weighted by atomic mass is 19.1. The first-order chi connectivity index (χ1) is 8.20.